The number of aliphatic hydroxyl groups is 1. The molecule has 1 aromatic heterocycles. The molecular weight excluding hydrogens is 512 g/mol. The predicted molar refractivity (Wildman–Crippen MR) is 103 cm³/mol. The summed E-state index contributed by atoms with van der Waals surface area (Å²) in [5.41, 5.74) is 6.15. The molecule has 0 unspecified atom stereocenters. The van der Waals surface area contributed by atoms with Gasteiger partial charge >= 0.3 is 11.8 Å². The molecule has 0 radical (unpaired) electrons. The minimum atomic E-state index is -4.37. The van der Waals surface area contributed by atoms with Crippen LogP contribution in [-0.2, 0) is 10.1 Å². The van der Waals surface area contributed by atoms with Crippen molar-refractivity contribution in [2.75, 3.05) is 18.8 Å². The number of aliphatic imine (C=N–C) groups is 1. The number of rotatable bonds is 7. The first-order chi connectivity index (χ1) is 12.5. The van der Waals surface area contributed by atoms with Gasteiger partial charge in [-0.25, -0.2) is 8.42 Å². The van der Waals surface area contributed by atoms with E-state index in [4.69, 9.17) is 5.73 Å². The number of aromatic amines is 1. The normalized spacial score (nSPS) is 18.4. The van der Waals surface area contributed by atoms with Gasteiger partial charge in [-0.3, -0.25) is 15.1 Å². The molecule has 1 aliphatic heterocycles. The molecule has 7 N–H and O–H groups in total. The molecule has 0 spiro atoms. The molecule has 0 saturated heterocycles. The van der Waals surface area contributed by atoms with E-state index in [0.29, 0.717) is 20.5 Å². The second-order valence-electron chi connectivity index (χ2n) is 5.36. The van der Waals surface area contributed by atoms with Crippen molar-refractivity contribution in [1.82, 2.24) is 15.6 Å². The Morgan fingerprint density at radius 3 is 2.81 bits per heavy atom. The fourth-order valence-electron chi connectivity index (χ4n) is 2.03. The minimum absolute atomic E-state index is 0.0334. The molecule has 0 saturated carbocycles. The zero-order chi connectivity index (χ0) is 20.2. The Morgan fingerprint density at radius 2 is 2.22 bits per heavy atom. The van der Waals surface area contributed by atoms with Crippen molar-refractivity contribution < 1.29 is 27.9 Å². The number of guanidine groups is 1. The van der Waals surface area contributed by atoms with Crippen LogP contribution in [0.3, 0.4) is 0 Å². The highest BCUT2D eigenvalue weighted by Gasteiger charge is 2.26. The first kappa shape index (κ1) is 21.6. The molecule has 2 rings (SSSR count). The first-order valence-electron chi connectivity index (χ1n) is 7.43. The summed E-state index contributed by atoms with van der Waals surface area (Å²) in [7, 11) is -4.37. The monoisotopic (exact) mass is 526 g/mol. The van der Waals surface area contributed by atoms with Crippen LogP contribution in [-0.4, -0.2) is 65.7 Å². The summed E-state index contributed by atoms with van der Waals surface area (Å²) >= 11 is 6.48. The van der Waals surface area contributed by atoms with Crippen molar-refractivity contribution in [2.45, 2.75) is 6.10 Å². The van der Waals surface area contributed by atoms with Crippen LogP contribution >= 0.6 is 31.9 Å². The van der Waals surface area contributed by atoms with Gasteiger partial charge in [0.05, 0.1) is 37.6 Å². The summed E-state index contributed by atoms with van der Waals surface area (Å²) in [6.45, 7) is -0.263. The summed E-state index contributed by atoms with van der Waals surface area (Å²) in [5.74, 6) is -0.833. The molecule has 1 atom stereocenters. The van der Waals surface area contributed by atoms with E-state index in [1.54, 1.807) is 6.07 Å². The maximum atomic E-state index is 12.0. The topological polar surface area (TPSA) is 187 Å². The number of nitrogens with one attached hydrogen (secondary N) is 4. The average Bonchev–Trinajstić information content (AvgIpc) is 3.06. The van der Waals surface area contributed by atoms with E-state index in [1.165, 1.54) is 6.08 Å². The third-order valence-corrected chi connectivity index (χ3v) is 5.68. The fraction of sp³-hybridized carbons (Fsp3) is 0.308. The highest BCUT2D eigenvalue weighted by Crippen LogP contribution is 2.22. The van der Waals surface area contributed by atoms with E-state index >= 15 is 0 Å². The minimum Gasteiger partial charge on any atom is -0.748 e. The van der Waals surface area contributed by atoms with Gasteiger partial charge in [-0.05, 0) is 49.0 Å². The van der Waals surface area contributed by atoms with Gasteiger partial charge in [0.25, 0.3) is 5.91 Å². The zero-order valence-electron chi connectivity index (χ0n) is 13.6. The Hall–Kier alpha value is -1.74. The quantitative estimate of drug-likeness (QED) is 0.211. The molecule has 0 aliphatic carbocycles. The van der Waals surface area contributed by atoms with E-state index in [9.17, 15) is 22.9 Å². The summed E-state index contributed by atoms with van der Waals surface area (Å²) in [6, 6.07) is 1.58. The zero-order valence-corrected chi connectivity index (χ0v) is 17.6. The SMILES string of the molecule is NC1=NC(=[NH+]CCS(=O)(=O)[O-])/C(=C/[C@@H](O)CNC(=O)c2cc(Br)c(Br)[nH]2)N1. The lowest BCUT2D eigenvalue weighted by Gasteiger charge is -2.08. The summed E-state index contributed by atoms with van der Waals surface area (Å²) in [6.07, 6.45) is 0.262. The highest BCUT2D eigenvalue weighted by molar-refractivity contribution is 9.13. The molecule has 14 heteroatoms. The van der Waals surface area contributed by atoms with Crippen molar-refractivity contribution in [1.29, 1.82) is 0 Å². The van der Waals surface area contributed by atoms with Crippen LogP contribution in [0.5, 0.6) is 0 Å². The van der Waals surface area contributed by atoms with E-state index < -0.39 is 27.9 Å². The lowest BCUT2D eigenvalue weighted by atomic mass is 10.2. The molecule has 1 amide bonds. The molecule has 0 bridgehead atoms. The number of hydrogen-bond donors (Lipinski definition) is 6. The van der Waals surface area contributed by atoms with Gasteiger partial charge in [0, 0.05) is 6.54 Å². The van der Waals surface area contributed by atoms with Crippen molar-refractivity contribution in [3.05, 3.63) is 32.6 Å². The number of aliphatic hydroxyl groups excluding tert-OH is 1. The Bertz CT molecular complexity index is 904. The number of nitrogens with two attached hydrogens (primary N) is 1. The van der Waals surface area contributed by atoms with Gasteiger partial charge in [-0.1, -0.05) is 0 Å². The van der Waals surface area contributed by atoms with Crippen LogP contribution in [0.4, 0.5) is 0 Å². The number of carbonyl (C=O) groups excluding carboxylic acids is 1. The average molecular weight is 528 g/mol. The van der Waals surface area contributed by atoms with Crippen molar-refractivity contribution in [3.63, 3.8) is 0 Å². The third kappa shape index (κ3) is 6.73. The molecule has 148 valence electrons. The molecular formula is C13H16Br2N6O5S. The lowest BCUT2D eigenvalue weighted by molar-refractivity contribution is -0.451. The van der Waals surface area contributed by atoms with Crippen LogP contribution in [0.1, 0.15) is 10.5 Å². The standard InChI is InChI=1S/C13H16Br2N6O5S/c14-7-4-9(19-10(7)15)12(23)18-5-6(22)3-8-11(21-13(16)20-8)17-1-2-27(24,25)26/h3-4,6,19,22H,1-2,5H2,(H,18,23)(H,24,25,26)(H3,16,17,20,21)/b8-3-/t6-/m1/s1. The van der Waals surface area contributed by atoms with Gasteiger partial charge in [-0.15, -0.1) is 0 Å². The van der Waals surface area contributed by atoms with Crippen LogP contribution in [0, 0.1) is 0 Å². The van der Waals surface area contributed by atoms with E-state index in [2.05, 4.69) is 57.5 Å². The third-order valence-electron chi connectivity index (χ3n) is 3.20. The number of carbonyl (C=O) groups is 1. The number of amides is 1. The summed E-state index contributed by atoms with van der Waals surface area (Å²) in [5, 5.41) is 15.3. The van der Waals surface area contributed by atoms with Gasteiger partial charge < -0.3 is 25.7 Å². The number of H-pyrrole nitrogens is 1. The molecule has 2 heterocycles. The Balaban J connectivity index is 1.97. The second kappa shape index (κ2) is 8.97. The van der Waals surface area contributed by atoms with Crippen molar-refractivity contribution in [3.8, 4) is 0 Å². The molecule has 1 aromatic rings. The molecule has 0 aromatic carbocycles. The molecule has 27 heavy (non-hydrogen) atoms. The van der Waals surface area contributed by atoms with Crippen molar-refractivity contribution >= 4 is 59.7 Å². The Kier molecular flexibility index (Phi) is 7.16. The van der Waals surface area contributed by atoms with Gasteiger partial charge in [-0.2, -0.15) is 0 Å². The van der Waals surface area contributed by atoms with E-state index in [0.717, 1.165) is 0 Å². The first-order valence-corrected chi connectivity index (χ1v) is 10.6. The molecule has 0 fully saturated rings. The number of nitrogens with zero attached hydrogens (tertiary/aromatic N) is 1. The fourth-order valence-corrected chi connectivity index (χ4v) is 3.03. The van der Waals surface area contributed by atoms with E-state index in [-0.39, 0.29) is 24.9 Å². The van der Waals surface area contributed by atoms with Gasteiger partial charge in [0.15, 0.2) is 0 Å². The van der Waals surface area contributed by atoms with Crippen LogP contribution in [0.25, 0.3) is 0 Å². The smallest absolute Gasteiger partial charge is 0.344 e. The Morgan fingerprint density at radius 1 is 1.52 bits per heavy atom. The van der Waals surface area contributed by atoms with Crippen molar-refractivity contribution in [2.24, 2.45) is 10.7 Å². The number of halogens is 2. The van der Waals surface area contributed by atoms with Crippen LogP contribution < -0.4 is 21.4 Å². The lowest BCUT2D eigenvalue weighted by Crippen LogP contribution is -2.74. The predicted octanol–water partition coefficient (Wildman–Crippen LogP) is -2.54. The highest BCUT2D eigenvalue weighted by atomic mass is 79.9. The summed E-state index contributed by atoms with van der Waals surface area (Å²) < 4.78 is 33.2. The Labute approximate surface area is 171 Å². The van der Waals surface area contributed by atoms with Gasteiger partial charge in [0.2, 0.25) is 0 Å². The maximum Gasteiger partial charge on any atom is 0.344 e. The molecule has 1 aliphatic rings. The van der Waals surface area contributed by atoms with Gasteiger partial charge in [0.1, 0.15) is 11.4 Å². The van der Waals surface area contributed by atoms with Crippen LogP contribution in [0.2, 0.25) is 0 Å². The maximum absolute atomic E-state index is 12.0. The number of hydrogen-bond acceptors (Lipinski definition) is 7. The second-order valence-corrected chi connectivity index (χ2v) is 8.53. The molecule has 11 nitrogen and oxygen atoms in total. The number of aromatic nitrogens is 1. The number of amidine groups is 1. The van der Waals surface area contributed by atoms with Crippen LogP contribution in [0.15, 0.2) is 31.9 Å². The summed E-state index contributed by atoms with van der Waals surface area (Å²) in [4.78, 5) is 21.4. The largest absolute Gasteiger partial charge is 0.748 e. The van der Waals surface area contributed by atoms with E-state index in [1.807, 2.05) is 0 Å².